The molecule has 0 fully saturated rings. The highest BCUT2D eigenvalue weighted by Crippen LogP contribution is 2.37. The molecule has 1 aliphatic rings. The van der Waals surface area contributed by atoms with Crippen molar-refractivity contribution in [2.45, 2.75) is 28.9 Å². The van der Waals surface area contributed by atoms with Crippen LogP contribution in [0.4, 0.5) is 11.4 Å². The van der Waals surface area contributed by atoms with Crippen molar-refractivity contribution in [1.82, 2.24) is 0 Å². The SMILES string of the molecule is CCOc1ccc(NS(=O)(=O)c2ccc3c(c2)NC(=O)C(C)S3)cc1. The predicted octanol–water partition coefficient (Wildman–Crippen LogP) is 3.32. The summed E-state index contributed by atoms with van der Waals surface area (Å²) in [5.41, 5.74) is 0.955. The fourth-order valence-electron chi connectivity index (χ4n) is 2.35. The third-order valence-electron chi connectivity index (χ3n) is 3.61. The summed E-state index contributed by atoms with van der Waals surface area (Å²) in [7, 11) is -3.75. The van der Waals surface area contributed by atoms with Gasteiger partial charge in [0.2, 0.25) is 5.91 Å². The topological polar surface area (TPSA) is 84.5 Å². The summed E-state index contributed by atoms with van der Waals surface area (Å²) in [6.45, 7) is 4.23. The Kier molecular flexibility index (Phi) is 4.91. The van der Waals surface area contributed by atoms with Crippen LogP contribution in [0.25, 0.3) is 0 Å². The zero-order valence-corrected chi connectivity index (χ0v) is 15.4. The van der Waals surface area contributed by atoms with Gasteiger partial charge in [-0.05, 0) is 56.3 Å². The third kappa shape index (κ3) is 3.91. The molecule has 8 heteroatoms. The Balaban J connectivity index is 1.83. The summed E-state index contributed by atoms with van der Waals surface area (Å²) in [6.07, 6.45) is 0. The van der Waals surface area contributed by atoms with E-state index in [-0.39, 0.29) is 16.1 Å². The average molecular weight is 378 g/mol. The molecule has 1 heterocycles. The monoisotopic (exact) mass is 378 g/mol. The highest BCUT2D eigenvalue weighted by molar-refractivity contribution is 8.01. The number of hydrogen-bond donors (Lipinski definition) is 2. The largest absolute Gasteiger partial charge is 0.494 e. The van der Waals surface area contributed by atoms with Gasteiger partial charge in [-0.2, -0.15) is 0 Å². The van der Waals surface area contributed by atoms with E-state index in [9.17, 15) is 13.2 Å². The molecular formula is C17H18N2O4S2. The van der Waals surface area contributed by atoms with Crippen LogP contribution in [0.5, 0.6) is 5.75 Å². The maximum Gasteiger partial charge on any atom is 0.261 e. The number of nitrogens with one attached hydrogen (secondary N) is 2. The van der Waals surface area contributed by atoms with Crippen LogP contribution < -0.4 is 14.8 Å². The highest BCUT2D eigenvalue weighted by atomic mass is 32.2. The molecule has 2 N–H and O–H groups in total. The first-order valence-electron chi connectivity index (χ1n) is 7.76. The van der Waals surface area contributed by atoms with Crippen LogP contribution in [-0.2, 0) is 14.8 Å². The molecule has 0 aromatic heterocycles. The number of anilines is 2. The Labute approximate surface area is 151 Å². The van der Waals surface area contributed by atoms with E-state index in [4.69, 9.17) is 4.74 Å². The number of fused-ring (bicyclic) bond motifs is 1. The Morgan fingerprint density at radius 1 is 1.20 bits per heavy atom. The van der Waals surface area contributed by atoms with Gasteiger partial charge in [0, 0.05) is 10.6 Å². The molecule has 1 unspecified atom stereocenters. The minimum Gasteiger partial charge on any atom is -0.494 e. The third-order valence-corrected chi connectivity index (χ3v) is 6.17. The number of amides is 1. The second-order valence-corrected chi connectivity index (χ2v) is 8.54. The Morgan fingerprint density at radius 2 is 1.92 bits per heavy atom. The fraction of sp³-hybridized carbons (Fsp3) is 0.235. The van der Waals surface area contributed by atoms with E-state index in [1.54, 1.807) is 37.3 Å². The van der Waals surface area contributed by atoms with Gasteiger partial charge in [-0.3, -0.25) is 9.52 Å². The lowest BCUT2D eigenvalue weighted by Crippen LogP contribution is -2.26. The summed E-state index contributed by atoms with van der Waals surface area (Å²) in [4.78, 5) is 12.7. The highest BCUT2D eigenvalue weighted by Gasteiger charge is 2.25. The fourth-order valence-corrected chi connectivity index (χ4v) is 4.37. The van der Waals surface area contributed by atoms with Crippen molar-refractivity contribution in [2.24, 2.45) is 0 Å². The van der Waals surface area contributed by atoms with Gasteiger partial charge in [-0.15, -0.1) is 11.8 Å². The lowest BCUT2D eigenvalue weighted by atomic mass is 10.3. The van der Waals surface area contributed by atoms with E-state index < -0.39 is 10.0 Å². The molecule has 0 aliphatic carbocycles. The van der Waals surface area contributed by atoms with E-state index in [0.29, 0.717) is 23.7 Å². The molecule has 0 radical (unpaired) electrons. The number of rotatable bonds is 5. The minimum absolute atomic E-state index is 0.0931. The molecule has 1 atom stereocenters. The standard InChI is InChI=1S/C17H18N2O4S2/c1-3-23-13-6-4-12(5-7-13)19-25(21,22)14-8-9-16-15(10-14)18-17(20)11(2)24-16/h4-11,19H,3H2,1-2H3,(H,18,20). The lowest BCUT2D eigenvalue weighted by molar-refractivity contribution is -0.115. The molecule has 6 nitrogen and oxygen atoms in total. The van der Waals surface area contributed by atoms with Crippen molar-refractivity contribution in [3.63, 3.8) is 0 Å². The van der Waals surface area contributed by atoms with Gasteiger partial charge < -0.3 is 10.1 Å². The van der Waals surface area contributed by atoms with Gasteiger partial charge in [0.1, 0.15) is 5.75 Å². The van der Waals surface area contributed by atoms with Crippen LogP contribution in [0.15, 0.2) is 52.3 Å². The Hall–Kier alpha value is -2.19. The first-order chi connectivity index (χ1) is 11.9. The number of carbonyl (C=O) groups is 1. The quantitative estimate of drug-likeness (QED) is 0.834. The molecular weight excluding hydrogens is 360 g/mol. The van der Waals surface area contributed by atoms with E-state index >= 15 is 0 Å². The van der Waals surface area contributed by atoms with Crippen LogP contribution in [0.1, 0.15) is 13.8 Å². The molecule has 2 aromatic carbocycles. The lowest BCUT2D eigenvalue weighted by Gasteiger charge is -2.22. The zero-order chi connectivity index (χ0) is 18.0. The van der Waals surface area contributed by atoms with Gasteiger partial charge in [0.25, 0.3) is 10.0 Å². The maximum atomic E-state index is 12.6. The number of hydrogen-bond acceptors (Lipinski definition) is 5. The first-order valence-corrected chi connectivity index (χ1v) is 10.1. The molecule has 0 saturated carbocycles. The van der Waals surface area contributed by atoms with Crippen LogP contribution in [0.2, 0.25) is 0 Å². The number of ether oxygens (including phenoxy) is 1. The molecule has 132 valence electrons. The zero-order valence-electron chi connectivity index (χ0n) is 13.8. The average Bonchev–Trinajstić information content (AvgIpc) is 2.57. The number of sulfonamides is 1. The van der Waals surface area contributed by atoms with Crippen LogP contribution >= 0.6 is 11.8 Å². The normalized spacial score (nSPS) is 16.7. The summed E-state index contributed by atoms with van der Waals surface area (Å²) in [5.74, 6) is 0.541. The Bertz CT molecular complexity index is 895. The Morgan fingerprint density at radius 3 is 2.60 bits per heavy atom. The van der Waals surface area contributed by atoms with Crippen molar-refractivity contribution >= 4 is 39.1 Å². The smallest absolute Gasteiger partial charge is 0.261 e. The molecule has 3 rings (SSSR count). The number of benzene rings is 2. The van der Waals surface area contributed by atoms with Crippen molar-refractivity contribution in [3.8, 4) is 5.75 Å². The minimum atomic E-state index is -3.75. The number of thioether (sulfide) groups is 1. The van der Waals surface area contributed by atoms with Crippen molar-refractivity contribution in [2.75, 3.05) is 16.6 Å². The summed E-state index contributed by atoms with van der Waals surface area (Å²) < 4.78 is 33.0. The molecule has 0 bridgehead atoms. The molecule has 0 spiro atoms. The van der Waals surface area contributed by atoms with E-state index in [2.05, 4.69) is 10.0 Å². The first kappa shape index (κ1) is 17.6. The van der Waals surface area contributed by atoms with E-state index in [1.165, 1.54) is 23.9 Å². The molecule has 0 saturated heterocycles. The van der Waals surface area contributed by atoms with Gasteiger partial charge in [-0.1, -0.05) is 0 Å². The van der Waals surface area contributed by atoms with Crippen LogP contribution in [-0.4, -0.2) is 26.2 Å². The van der Waals surface area contributed by atoms with Gasteiger partial charge in [0.15, 0.2) is 0 Å². The van der Waals surface area contributed by atoms with E-state index in [0.717, 1.165) is 4.90 Å². The predicted molar refractivity (Wildman–Crippen MR) is 98.8 cm³/mol. The van der Waals surface area contributed by atoms with Gasteiger partial charge in [-0.25, -0.2) is 8.42 Å². The van der Waals surface area contributed by atoms with Gasteiger partial charge in [0.05, 0.1) is 22.4 Å². The molecule has 25 heavy (non-hydrogen) atoms. The summed E-state index contributed by atoms with van der Waals surface area (Å²) in [6, 6.07) is 11.4. The molecule has 1 aliphatic heterocycles. The maximum absolute atomic E-state index is 12.6. The molecule has 1 amide bonds. The van der Waals surface area contributed by atoms with Crippen LogP contribution in [0, 0.1) is 0 Å². The van der Waals surface area contributed by atoms with Crippen molar-refractivity contribution in [3.05, 3.63) is 42.5 Å². The second-order valence-electron chi connectivity index (χ2n) is 5.47. The van der Waals surface area contributed by atoms with Crippen LogP contribution in [0.3, 0.4) is 0 Å². The van der Waals surface area contributed by atoms with Crippen molar-refractivity contribution in [1.29, 1.82) is 0 Å². The summed E-state index contributed by atoms with van der Waals surface area (Å²) >= 11 is 1.41. The number of carbonyl (C=O) groups excluding carboxylic acids is 1. The second kappa shape index (κ2) is 6.97. The van der Waals surface area contributed by atoms with Crippen molar-refractivity contribution < 1.29 is 17.9 Å². The molecule has 2 aromatic rings. The summed E-state index contributed by atoms with van der Waals surface area (Å²) in [5, 5.41) is 2.54. The van der Waals surface area contributed by atoms with Gasteiger partial charge >= 0.3 is 0 Å². The van der Waals surface area contributed by atoms with E-state index in [1.807, 2.05) is 6.92 Å².